The largest absolute Gasteiger partial charge is 0.484 e. The van der Waals surface area contributed by atoms with E-state index in [9.17, 15) is 9.59 Å². The zero-order valence-electron chi connectivity index (χ0n) is 10.1. The molecule has 1 N–H and O–H groups in total. The minimum Gasteiger partial charge on any atom is -0.484 e. The van der Waals surface area contributed by atoms with Gasteiger partial charge in [0.05, 0.1) is 7.11 Å². The SMILES string of the molecule is COC(=O)C(C)NC(=O)COc1ccc(Br)cc1. The van der Waals surface area contributed by atoms with E-state index in [-0.39, 0.29) is 12.5 Å². The summed E-state index contributed by atoms with van der Waals surface area (Å²) in [6, 6.07) is 6.41. The van der Waals surface area contributed by atoms with Crippen LogP contribution in [-0.4, -0.2) is 31.6 Å². The van der Waals surface area contributed by atoms with E-state index in [1.54, 1.807) is 19.1 Å². The van der Waals surface area contributed by atoms with Crippen molar-refractivity contribution in [2.45, 2.75) is 13.0 Å². The highest BCUT2D eigenvalue weighted by atomic mass is 79.9. The van der Waals surface area contributed by atoms with E-state index >= 15 is 0 Å². The normalized spacial score (nSPS) is 11.5. The Morgan fingerprint density at radius 2 is 1.94 bits per heavy atom. The summed E-state index contributed by atoms with van der Waals surface area (Å²) < 4.78 is 10.7. The van der Waals surface area contributed by atoms with E-state index in [2.05, 4.69) is 26.0 Å². The number of amides is 1. The van der Waals surface area contributed by atoms with Crippen LogP contribution in [0.4, 0.5) is 0 Å². The van der Waals surface area contributed by atoms with Crippen LogP contribution in [0.1, 0.15) is 6.92 Å². The Balaban J connectivity index is 2.37. The van der Waals surface area contributed by atoms with Crippen molar-refractivity contribution >= 4 is 27.8 Å². The van der Waals surface area contributed by atoms with Gasteiger partial charge < -0.3 is 14.8 Å². The molecule has 1 unspecified atom stereocenters. The van der Waals surface area contributed by atoms with Gasteiger partial charge in [0.2, 0.25) is 0 Å². The van der Waals surface area contributed by atoms with E-state index in [4.69, 9.17) is 4.74 Å². The number of carbonyl (C=O) groups excluding carboxylic acids is 2. The lowest BCUT2D eigenvalue weighted by molar-refractivity contribution is -0.144. The fourth-order valence-electron chi connectivity index (χ4n) is 1.20. The summed E-state index contributed by atoms with van der Waals surface area (Å²) in [6.07, 6.45) is 0. The van der Waals surface area contributed by atoms with Gasteiger partial charge in [0.1, 0.15) is 11.8 Å². The van der Waals surface area contributed by atoms with Crippen molar-refractivity contribution in [2.24, 2.45) is 0 Å². The third-order valence-corrected chi connectivity index (χ3v) is 2.64. The molecule has 0 saturated carbocycles. The van der Waals surface area contributed by atoms with Gasteiger partial charge in [0, 0.05) is 4.47 Å². The lowest BCUT2D eigenvalue weighted by Gasteiger charge is -2.12. The van der Waals surface area contributed by atoms with Gasteiger partial charge in [-0.15, -0.1) is 0 Å². The smallest absolute Gasteiger partial charge is 0.328 e. The minimum atomic E-state index is -0.684. The van der Waals surface area contributed by atoms with Crippen molar-refractivity contribution in [1.82, 2.24) is 5.32 Å². The zero-order chi connectivity index (χ0) is 13.5. The van der Waals surface area contributed by atoms with Crippen LogP contribution in [0.5, 0.6) is 5.75 Å². The number of methoxy groups -OCH3 is 1. The van der Waals surface area contributed by atoms with Gasteiger partial charge >= 0.3 is 5.97 Å². The highest BCUT2D eigenvalue weighted by Gasteiger charge is 2.15. The number of esters is 1. The number of nitrogens with one attached hydrogen (secondary N) is 1. The second-order valence-corrected chi connectivity index (χ2v) is 4.47. The van der Waals surface area contributed by atoms with Crippen molar-refractivity contribution in [2.75, 3.05) is 13.7 Å². The molecular formula is C12H14BrNO4. The molecule has 0 bridgehead atoms. The quantitative estimate of drug-likeness (QED) is 0.836. The molecular weight excluding hydrogens is 302 g/mol. The van der Waals surface area contributed by atoms with Gasteiger partial charge in [-0.1, -0.05) is 15.9 Å². The lowest BCUT2D eigenvalue weighted by atomic mass is 10.3. The molecule has 98 valence electrons. The second-order valence-electron chi connectivity index (χ2n) is 3.55. The van der Waals surface area contributed by atoms with E-state index in [0.717, 1.165) is 4.47 Å². The van der Waals surface area contributed by atoms with Crippen molar-refractivity contribution < 1.29 is 19.1 Å². The first-order valence-electron chi connectivity index (χ1n) is 5.28. The Kier molecular flexibility index (Phi) is 5.64. The molecule has 1 rings (SSSR count). The molecule has 0 aliphatic heterocycles. The highest BCUT2D eigenvalue weighted by molar-refractivity contribution is 9.10. The predicted molar refractivity (Wildman–Crippen MR) is 69.3 cm³/mol. The molecule has 0 radical (unpaired) electrons. The Bertz CT molecular complexity index is 419. The molecule has 0 aliphatic rings. The highest BCUT2D eigenvalue weighted by Crippen LogP contribution is 2.15. The van der Waals surface area contributed by atoms with Crippen molar-refractivity contribution in [1.29, 1.82) is 0 Å². The van der Waals surface area contributed by atoms with Crippen LogP contribution in [0.15, 0.2) is 28.7 Å². The molecule has 1 amide bonds. The van der Waals surface area contributed by atoms with Crippen molar-refractivity contribution in [3.63, 3.8) is 0 Å². The summed E-state index contributed by atoms with van der Waals surface area (Å²) in [5.74, 6) is -0.290. The van der Waals surface area contributed by atoms with Gasteiger partial charge in [-0.05, 0) is 31.2 Å². The number of hydrogen-bond donors (Lipinski definition) is 1. The summed E-state index contributed by atoms with van der Waals surface area (Å²) in [4.78, 5) is 22.5. The molecule has 0 heterocycles. The topological polar surface area (TPSA) is 64.6 Å². The molecule has 0 saturated heterocycles. The molecule has 1 aromatic rings. The Labute approximate surface area is 114 Å². The first-order chi connectivity index (χ1) is 8.52. The summed E-state index contributed by atoms with van der Waals surface area (Å²) in [5.41, 5.74) is 0. The summed E-state index contributed by atoms with van der Waals surface area (Å²) in [6.45, 7) is 1.40. The van der Waals surface area contributed by atoms with E-state index < -0.39 is 12.0 Å². The maximum atomic E-state index is 11.5. The summed E-state index contributed by atoms with van der Waals surface area (Å²) in [5, 5.41) is 2.46. The number of ether oxygens (including phenoxy) is 2. The molecule has 1 aromatic carbocycles. The number of halogens is 1. The van der Waals surface area contributed by atoms with Crippen LogP contribution in [0.2, 0.25) is 0 Å². The molecule has 0 fully saturated rings. The third-order valence-electron chi connectivity index (χ3n) is 2.12. The number of rotatable bonds is 5. The minimum absolute atomic E-state index is 0.150. The molecule has 6 heteroatoms. The number of carbonyl (C=O) groups is 2. The van der Waals surface area contributed by atoms with Crippen LogP contribution < -0.4 is 10.1 Å². The third kappa shape index (κ3) is 4.75. The molecule has 0 spiro atoms. The van der Waals surface area contributed by atoms with Gasteiger partial charge in [-0.2, -0.15) is 0 Å². The zero-order valence-corrected chi connectivity index (χ0v) is 11.7. The average Bonchev–Trinajstić information content (AvgIpc) is 2.37. The number of benzene rings is 1. The summed E-state index contributed by atoms with van der Waals surface area (Å²) >= 11 is 3.30. The summed E-state index contributed by atoms with van der Waals surface area (Å²) in [7, 11) is 1.27. The molecule has 0 aromatic heterocycles. The predicted octanol–water partition coefficient (Wildman–Crippen LogP) is 1.51. The maximum Gasteiger partial charge on any atom is 0.328 e. The fourth-order valence-corrected chi connectivity index (χ4v) is 1.46. The molecule has 5 nitrogen and oxygen atoms in total. The van der Waals surface area contributed by atoms with Crippen LogP contribution >= 0.6 is 15.9 Å². The van der Waals surface area contributed by atoms with Gasteiger partial charge in [0.25, 0.3) is 5.91 Å². The molecule has 0 aliphatic carbocycles. The van der Waals surface area contributed by atoms with Gasteiger partial charge in [-0.3, -0.25) is 4.79 Å². The number of hydrogen-bond acceptors (Lipinski definition) is 4. The van der Waals surface area contributed by atoms with Gasteiger partial charge in [0.15, 0.2) is 6.61 Å². The van der Waals surface area contributed by atoms with E-state index in [1.165, 1.54) is 7.11 Å². The maximum absolute atomic E-state index is 11.5. The monoisotopic (exact) mass is 315 g/mol. The van der Waals surface area contributed by atoms with Gasteiger partial charge in [-0.25, -0.2) is 4.79 Å². The van der Waals surface area contributed by atoms with Crippen molar-refractivity contribution in [3.05, 3.63) is 28.7 Å². The fraction of sp³-hybridized carbons (Fsp3) is 0.333. The Morgan fingerprint density at radius 3 is 2.50 bits per heavy atom. The first-order valence-corrected chi connectivity index (χ1v) is 6.08. The molecule has 18 heavy (non-hydrogen) atoms. The van der Waals surface area contributed by atoms with Crippen LogP contribution in [0, 0.1) is 0 Å². The first kappa shape index (κ1) is 14.5. The van der Waals surface area contributed by atoms with Crippen molar-refractivity contribution in [3.8, 4) is 5.75 Å². The standard InChI is InChI=1S/C12H14BrNO4/c1-8(12(16)17-2)14-11(15)7-18-10-5-3-9(13)4-6-10/h3-6,8H,7H2,1-2H3,(H,14,15). The van der Waals surface area contributed by atoms with Crippen LogP contribution in [0.25, 0.3) is 0 Å². The average molecular weight is 316 g/mol. The van der Waals surface area contributed by atoms with Crippen LogP contribution in [-0.2, 0) is 14.3 Å². The van der Waals surface area contributed by atoms with Crippen LogP contribution in [0.3, 0.4) is 0 Å². The van der Waals surface area contributed by atoms with E-state index in [0.29, 0.717) is 5.75 Å². The Morgan fingerprint density at radius 1 is 1.33 bits per heavy atom. The van der Waals surface area contributed by atoms with E-state index in [1.807, 2.05) is 12.1 Å². The second kappa shape index (κ2) is 7.00. The lowest BCUT2D eigenvalue weighted by Crippen LogP contribution is -2.41. The Hall–Kier alpha value is -1.56. The molecule has 1 atom stereocenters.